The molecule has 5 heteroatoms. The highest BCUT2D eigenvalue weighted by atomic mass is 16.5. The summed E-state index contributed by atoms with van der Waals surface area (Å²) in [5.74, 6) is 1.53. The zero-order valence-corrected chi connectivity index (χ0v) is 9.17. The van der Waals surface area contributed by atoms with Gasteiger partial charge in [-0.3, -0.25) is 0 Å². The third-order valence-electron chi connectivity index (χ3n) is 2.83. The van der Waals surface area contributed by atoms with Gasteiger partial charge in [0.25, 0.3) is 5.89 Å². The van der Waals surface area contributed by atoms with Gasteiger partial charge in [0.15, 0.2) is 5.82 Å². The zero-order chi connectivity index (χ0) is 11.7. The highest BCUT2D eigenvalue weighted by Crippen LogP contribution is 2.26. The van der Waals surface area contributed by atoms with Crippen molar-refractivity contribution in [2.45, 2.75) is 12.3 Å². The number of nitrogens with zero attached hydrogens (tertiary/aromatic N) is 2. The number of aromatic hydroxyl groups is 1. The molecule has 88 valence electrons. The van der Waals surface area contributed by atoms with Crippen molar-refractivity contribution >= 4 is 0 Å². The number of benzene rings is 1. The van der Waals surface area contributed by atoms with Crippen molar-refractivity contribution in [1.82, 2.24) is 10.1 Å². The molecule has 1 atom stereocenters. The van der Waals surface area contributed by atoms with Crippen molar-refractivity contribution in [3.8, 4) is 17.2 Å². The van der Waals surface area contributed by atoms with E-state index >= 15 is 0 Å². The van der Waals surface area contributed by atoms with Crippen LogP contribution in [-0.4, -0.2) is 28.5 Å². The molecule has 2 heterocycles. The average Bonchev–Trinajstić information content (AvgIpc) is 3.00. The monoisotopic (exact) mass is 232 g/mol. The molecule has 5 nitrogen and oxygen atoms in total. The molecule has 1 N–H and O–H groups in total. The molecular weight excluding hydrogens is 220 g/mol. The fraction of sp³-hybridized carbons (Fsp3) is 0.333. The van der Waals surface area contributed by atoms with Crippen LogP contribution in [0.3, 0.4) is 0 Å². The summed E-state index contributed by atoms with van der Waals surface area (Å²) >= 11 is 0. The lowest BCUT2D eigenvalue weighted by molar-refractivity contribution is 0.192. The van der Waals surface area contributed by atoms with Gasteiger partial charge in [-0.2, -0.15) is 4.98 Å². The van der Waals surface area contributed by atoms with Gasteiger partial charge in [0.1, 0.15) is 5.75 Å². The number of aromatic nitrogens is 2. The summed E-state index contributed by atoms with van der Waals surface area (Å²) in [6, 6.07) is 6.77. The number of phenolic OH excluding ortho intramolecular Hbond substituents is 1. The van der Waals surface area contributed by atoms with E-state index in [-0.39, 0.29) is 11.7 Å². The minimum atomic E-state index is 0.187. The fourth-order valence-corrected chi connectivity index (χ4v) is 1.90. The predicted molar refractivity (Wildman–Crippen MR) is 59.6 cm³/mol. The second-order valence-corrected chi connectivity index (χ2v) is 4.07. The van der Waals surface area contributed by atoms with E-state index in [1.165, 1.54) is 0 Å². The molecule has 0 amide bonds. The van der Waals surface area contributed by atoms with Gasteiger partial charge in [-0.1, -0.05) is 11.2 Å². The van der Waals surface area contributed by atoms with Gasteiger partial charge in [0, 0.05) is 18.1 Å². The lowest BCUT2D eigenvalue weighted by Crippen LogP contribution is -1.99. The van der Waals surface area contributed by atoms with Gasteiger partial charge in [-0.25, -0.2) is 0 Å². The van der Waals surface area contributed by atoms with Crippen LogP contribution in [0.15, 0.2) is 28.8 Å². The summed E-state index contributed by atoms with van der Waals surface area (Å²) in [7, 11) is 0. The first-order valence-corrected chi connectivity index (χ1v) is 5.54. The van der Waals surface area contributed by atoms with Crippen molar-refractivity contribution in [2.24, 2.45) is 0 Å². The first kappa shape index (κ1) is 10.3. The first-order chi connectivity index (χ1) is 8.33. The lowest BCUT2D eigenvalue weighted by Gasteiger charge is -1.98. The summed E-state index contributed by atoms with van der Waals surface area (Å²) in [6.45, 7) is 1.40. The highest BCUT2D eigenvalue weighted by Gasteiger charge is 2.23. The number of hydrogen-bond donors (Lipinski definition) is 1. The molecule has 0 saturated carbocycles. The molecule has 0 spiro atoms. The molecule has 0 aliphatic carbocycles. The Morgan fingerprint density at radius 1 is 1.35 bits per heavy atom. The normalized spacial score (nSPS) is 19.6. The maximum absolute atomic E-state index is 9.38. The Morgan fingerprint density at radius 3 is 3.06 bits per heavy atom. The van der Waals surface area contributed by atoms with Crippen molar-refractivity contribution in [3.63, 3.8) is 0 Å². The Bertz CT molecular complexity index is 518. The Balaban J connectivity index is 1.89. The Morgan fingerprint density at radius 2 is 2.29 bits per heavy atom. The molecule has 3 rings (SSSR count). The van der Waals surface area contributed by atoms with Crippen LogP contribution in [0.4, 0.5) is 0 Å². The van der Waals surface area contributed by atoms with E-state index < -0.39 is 0 Å². The Kier molecular flexibility index (Phi) is 2.53. The van der Waals surface area contributed by atoms with Crippen LogP contribution >= 0.6 is 0 Å². The van der Waals surface area contributed by atoms with E-state index in [4.69, 9.17) is 9.26 Å². The van der Waals surface area contributed by atoms with Crippen LogP contribution in [0.25, 0.3) is 11.5 Å². The SMILES string of the molecule is Oc1cccc(-c2nc(C3CCOC3)no2)c1. The third kappa shape index (κ3) is 2.01. The zero-order valence-electron chi connectivity index (χ0n) is 9.17. The second kappa shape index (κ2) is 4.18. The third-order valence-corrected chi connectivity index (χ3v) is 2.83. The number of hydrogen-bond acceptors (Lipinski definition) is 5. The molecule has 0 bridgehead atoms. The summed E-state index contributed by atoms with van der Waals surface area (Å²) in [4.78, 5) is 4.33. The molecule has 17 heavy (non-hydrogen) atoms. The smallest absolute Gasteiger partial charge is 0.258 e. The lowest BCUT2D eigenvalue weighted by atomic mass is 10.1. The summed E-state index contributed by atoms with van der Waals surface area (Å²) in [5.41, 5.74) is 0.725. The van der Waals surface area contributed by atoms with Gasteiger partial charge in [-0.05, 0) is 24.6 Å². The van der Waals surface area contributed by atoms with Gasteiger partial charge in [0.2, 0.25) is 0 Å². The molecule has 2 aromatic rings. The minimum absolute atomic E-state index is 0.187. The number of rotatable bonds is 2. The van der Waals surface area contributed by atoms with Gasteiger partial charge in [0.05, 0.1) is 6.61 Å². The molecule has 1 unspecified atom stereocenters. The Hall–Kier alpha value is -1.88. The molecule has 1 aliphatic rings. The van der Waals surface area contributed by atoms with E-state index in [1.54, 1.807) is 18.2 Å². The van der Waals surface area contributed by atoms with E-state index in [0.717, 1.165) is 18.6 Å². The molecule has 0 radical (unpaired) electrons. The number of phenols is 1. The van der Waals surface area contributed by atoms with E-state index in [0.29, 0.717) is 18.3 Å². The molecule has 1 aromatic heterocycles. The standard InChI is InChI=1S/C12H12N2O3/c15-10-3-1-2-8(6-10)12-13-11(14-17-12)9-4-5-16-7-9/h1-3,6,9,15H,4-5,7H2. The van der Waals surface area contributed by atoms with Crippen molar-refractivity contribution in [3.05, 3.63) is 30.1 Å². The van der Waals surface area contributed by atoms with Crippen molar-refractivity contribution in [1.29, 1.82) is 0 Å². The average molecular weight is 232 g/mol. The summed E-state index contributed by atoms with van der Waals surface area (Å²) < 4.78 is 10.5. The summed E-state index contributed by atoms with van der Waals surface area (Å²) in [6.07, 6.45) is 0.930. The predicted octanol–water partition coefficient (Wildman–Crippen LogP) is 1.95. The van der Waals surface area contributed by atoms with Crippen LogP contribution in [0.1, 0.15) is 18.2 Å². The van der Waals surface area contributed by atoms with Gasteiger partial charge >= 0.3 is 0 Å². The van der Waals surface area contributed by atoms with Crippen LogP contribution in [0, 0.1) is 0 Å². The van der Waals surface area contributed by atoms with Crippen LogP contribution in [0.5, 0.6) is 5.75 Å². The van der Waals surface area contributed by atoms with Gasteiger partial charge in [-0.15, -0.1) is 0 Å². The topological polar surface area (TPSA) is 68.4 Å². The quantitative estimate of drug-likeness (QED) is 0.857. The number of ether oxygens (including phenoxy) is 1. The molecule has 1 aromatic carbocycles. The molecular formula is C12H12N2O3. The molecule has 1 saturated heterocycles. The maximum Gasteiger partial charge on any atom is 0.258 e. The second-order valence-electron chi connectivity index (χ2n) is 4.07. The first-order valence-electron chi connectivity index (χ1n) is 5.54. The van der Waals surface area contributed by atoms with Gasteiger partial charge < -0.3 is 14.4 Å². The van der Waals surface area contributed by atoms with Crippen LogP contribution < -0.4 is 0 Å². The van der Waals surface area contributed by atoms with E-state index in [1.807, 2.05) is 6.07 Å². The summed E-state index contributed by atoms with van der Waals surface area (Å²) in [5, 5.41) is 13.3. The van der Waals surface area contributed by atoms with E-state index in [2.05, 4.69) is 10.1 Å². The van der Waals surface area contributed by atoms with Crippen LogP contribution in [-0.2, 0) is 4.74 Å². The van der Waals surface area contributed by atoms with Crippen molar-refractivity contribution in [2.75, 3.05) is 13.2 Å². The largest absolute Gasteiger partial charge is 0.508 e. The maximum atomic E-state index is 9.38. The fourth-order valence-electron chi connectivity index (χ4n) is 1.90. The van der Waals surface area contributed by atoms with Crippen LogP contribution in [0.2, 0.25) is 0 Å². The molecule has 1 fully saturated rings. The van der Waals surface area contributed by atoms with Crippen molar-refractivity contribution < 1.29 is 14.4 Å². The Labute approximate surface area is 98.0 Å². The highest BCUT2D eigenvalue weighted by molar-refractivity contribution is 5.55. The minimum Gasteiger partial charge on any atom is -0.508 e. The van der Waals surface area contributed by atoms with E-state index in [9.17, 15) is 5.11 Å². The molecule has 1 aliphatic heterocycles.